The van der Waals surface area contributed by atoms with Crippen molar-refractivity contribution < 1.29 is 9.59 Å². The molecule has 98 valence electrons. The van der Waals surface area contributed by atoms with Gasteiger partial charge >= 0.3 is 11.8 Å². The second-order valence-electron chi connectivity index (χ2n) is 4.34. The molecule has 0 spiro atoms. The largest absolute Gasteiger partial charge is 0.361 e. The Morgan fingerprint density at radius 1 is 1.28 bits per heavy atom. The number of carbonyl (C=O) groups is 2. The molecule has 0 unspecified atom stereocenters. The Balaban J connectivity index is 2.63. The minimum Gasteiger partial charge on any atom is -0.361 e. The number of hydrogen-bond acceptors (Lipinski definition) is 3. The average Bonchev–Trinajstić information content (AvgIpc) is 2.29. The number of amides is 2. The molecule has 1 rings (SSSR count). The third kappa shape index (κ3) is 4.41. The molecule has 1 aromatic rings. The summed E-state index contributed by atoms with van der Waals surface area (Å²) in [5.74, 6) is -1.60. The molecule has 18 heavy (non-hydrogen) atoms. The second kappa shape index (κ2) is 6.44. The lowest BCUT2D eigenvalue weighted by molar-refractivity contribution is -0.143. The lowest BCUT2D eigenvalue weighted by Crippen LogP contribution is -2.37. The predicted molar refractivity (Wildman–Crippen MR) is 73.1 cm³/mol. The van der Waals surface area contributed by atoms with Crippen LogP contribution >= 0.6 is 11.8 Å². The van der Waals surface area contributed by atoms with Crippen molar-refractivity contribution in [2.75, 3.05) is 7.05 Å². The van der Waals surface area contributed by atoms with Crippen molar-refractivity contribution in [3.63, 3.8) is 0 Å². The molecule has 0 aliphatic heterocycles. The summed E-state index contributed by atoms with van der Waals surface area (Å²) in [6.07, 6.45) is 0. The van der Waals surface area contributed by atoms with Gasteiger partial charge in [0.25, 0.3) is 0 Å². The first-order valence-electron chi connectivity index (χ1n) is 5.70. The third-order valence-electron chi connectivity index (χ3n) is 2.27. The van der Waals surface area contributed by atoms with Crippen molar-refractivity contribution in [2.24, 2.45) is 5.73 Å². The standard InChI is InChI=1S/C13H18N2O2S/c1-9(2)18-11-6-4-10(5-7-11)8-15(3)13(17)12(14)16/h4-7,9H,8H2,1-3H3,(H2,14,16). The van der Waals surface area contributed by atoms with Gasteiger partial charge in [-0.15, -0.1) is 11.8 Å². The minimum atomic E-state index is -0.926. The smallest absolute Gasteiger partial charge is 0.311 e. The van der Waals surface area contributed by atoms with Crippen LogP contribution in [0, 0.1) is 0 Å². The first kappa shape index (κ1) is 14.6. The third-order valence-corrected chi connectivity index (χ3v) is 3.29. The monoisotopic (exact) mass is 266 g/mol. The van der Waals surface area contributed by atoms with Crippen molar-refractivity contribution in [1.82, 2.24) is 4.90 Å². The van der Waals surface area contributed by atoms with Crippen molar-refractivity contribution >= 4 is 23.6 Å². The van der Waals surface area contributed by atoms with Crippen molar-refractivity contribution in [2.45, 2.75) is 30.5 Å². The fourth-order valence-corrected chi connectivity index (χ4v) is 2.32. The zero-order valence-corrected chi connectivity index (χ0v) is 11.7. The molecule has 0 heterocycles. The summed E-state index contributed by atoms with van der Waals surface area (Å²) >= 11 is 1.78. The molecule has 1 aromatic carbocycles. The topological polar surface area (TPSA) is 63.4 Å². The van der Waals surface area contributed by atoms with E-state index in [-0.39, 0.29) is 0 Å². The number of nitrogens with zero attached hydrogens (tertiary/aromatic N) is 1. The van der Waals surface area contributed by atoms with Crippen molar-refractivity contribution in [3.05, 3.63) is 29.8 Å². The van der Waals surface area contributed by atoms with E-state index in [1.165, 1.54) is 9.80 Å². The van der Waals surface area contributed by atoms with E-state index < -0.39 is 11.8 Å². The molecular formula is C13H18N2O2S. The summed E-state index contributed by atoms with van der Waals surface area (Å²) in [4.78, 5) is 24.5. The van der Waals surface area contributed by atoms with E-state index in [9.17, 15) is 9.59 Å². The molecule has 0 aromatic heterocycles. The number of hydrogen-bond donors (Lipinski definition) is 1. The highest BCUT2D eigenvalue weighted by Gasteiger charge is 2.14. The van der Waals surface area contributed by atoms with Crippen LogP contribution in [0.15, 0.2) is 29.2 Å². The minimum absolute atomic E-state index is 0.383. The Bertz CT molecular complexity index is 429. The maximum Gasteiger partial charge on any atom is 0.311 e. The van der Waals surface area contributed by atoms with Gasteiger partial charge in [-0.3, -0.25) is 9.59 Å². The zero-order valence-electron chi connectivity index (χ0n) is 10.8. The average molecular weight is 266 g/mol. The fourth-order valence-electron chi connectivity index (χ4n) is 1.48. The van der Waals surface area contributed by atoms with Gasteiger partial charge in [-0.25, -0.2) is 0 Å². The number of thioether (sulfide) groups is 1. The van der Waals surface area contributed by atoms with E-state index in [0.717, 1.165) is 5.56 Å². The maximum atomic E-state index is 11.3. The molecule has 0 radical (unpaired) electrons. The molecule has 0 bridgehead atoms. The van der Waals surface area contributed by atoms with Crippen LogP contribution in [0.4, 0.5) is 0 Å². The number of carbonyl (C=O) groups excluding carboxylic acids is 2. The van der Waals surface area contributed by atoms with Gasteiger partial charge in [0.05, 0.1) is 0 Å². The summed E-state index contributed by atoms with van der Waals surface area (Å²) in [6.45, 7) is 4.66. The summed E-state index contributed by atoms with van der Waals surface area (Å²) < 4.78 is 0. The second-order valence-corrected chi connectivity index (χ2v) is 5.99. The first-order chi connectivity index (χ1) is 8.40. The van der Waals surface area contributed by atoms with Crippen LogP contribution in [0.5, 0.6) is 0 Å². The summed E-state index contributed by atoms with van der Waals surface area (Å²) in [5.41, 5.74) is 5.91. The molecule has 0 saturated heterocycles. The normalized spacial score (nSPS) is 10.4. The molecule has 2 amide bonds. The highest BCUT2D eigenvalue weighted by atomic mass is 32.2. The van der Waals surface area contributed by atoms with Crippen LogP contribution in [0.1, 0.15) is 19.4 Å². The Labute approximate surface area is 112 Å². The van der Waals surface area contributed by atoms with E-state index >= 15 is 0 Å². The number of benzene rings is 1. The predicted octanol–water partition coefficient (Wildman–Crippen LogP) is 1.63. The molecule has 0 aliphatic rings. The lowest BCUT2D eigenvalue weighted by atomic mass is 10.2. The number of likely N-dealkylation sites (N-methyl/N-ethyl adjacent to an activating group) is 1. The zero-order chi connectivity index (χ0) is 13.7. The maximum absolute atomic E-state index is 11.3. The number of primary amides is 1. The van der Waals surface area contributed by atoms with Crippen molar-refractivity contribution in [1.29, 1.82) is 0 Å². The number of rotatable bonds is 4. The van der Waals surface area contributed by atoms with Gasteiger partial charge in [0, 0.05) is 23.7 Å². The Morgan fingerprint density at radius 2 is 1.83 bits per heavy atom. The van der Waals surface area contributed by atoms with E-state index in [1.807, 2.05) is 24.3 Å². The van der Waals surface area contributed by atoms with Crippen LogP contribution in [-0.2, 0) is 16.1 Å². The van der Waals surface area contributed by atoms with E-state index in [1.54, 1.807) is 18.8 Å². The Morgan fingerprint density at radius 3 is 2.28 bits per heavy atom. The lowest BCUT2D eigenvalue weighted by Gasteiger charge is -2.15. The quantitative estimate of drug-likeness (QED) is 0.665. The van der Waals surface area contributed by atoms with Gasteiger partial charge in [-0.2, -0.15) is 0 Å². The highest BCUT2D eigenvalue weighted by molar-refractivity contribution is 7.99. The molecule has 5 heteroatoms. The van der Waals surface area contributed by atoms with Gasteiger partial charge in [0.15, 0.2) is 0 Å². The van der Waals surface area contributed by atoms with Crippen LogP contribution in [0.3, 0.4) is 0 Å². The molecule has 0 fully saturated rings. The van der Waals surface area contributed by atoms with Crippen LogP contribution in [0.2, 0.25) is 0 Å². The molecule has 0 aliphatic carbocycles. The van der Waals surface area contributed by atoms with Gasteiger partial charge < -0.3 is 10.6 Å². The number of nitrogens with two attached hydrogens (primary N) is 1. The SMILES string of the molecule is CC(C)Sc1ccc(CN(C)C(=O)C(N)=O)cc1. The van der Waals surface area contributed by atoms with Crippen LogP contribution < -0.4 is 5.73 Å². The van der Waals surface area contributed by atoms with E-state index in [4.69, 9.17) is 5.73 Å². The molecule has 0 saturated carbocycles. The molecule has 2 N–H and O–H groups in total. The van der Waals surface area contributed by atoms with E-state index in [2.05, 4.69) is 13.8 Å². The highest BCUT2D eigenvalue weighted by Crippen LogP contribution is 2.23. The first-order valence-corrected chi connectivity index (χ1v) is 6.58. The van der Waals surface area contributed by atoms with Crippen molar-refractivity contribution in [3.8, 4) is 0 Å². The summed E-state index contributed by atoms with van der Waals surface area (Å²) in [6, 6.07) is 7.94. The van der Waals surface area contributed by atoms with Gasteiger partial charge in [-0.1, -0.05) is 26.0 Å². The fraction of sp³-hybridized carbons (Fsp3) is 0.385. The van der Waals surface area contributed by atoms with Crippen LogP contribution in [0.25, 0.3) is 0 Å². The van der Waals surface area contributed by atoms with Crippen LogP contribution in [-0.4, -0.2) is 29.0 Å². The van der Waals surface area contributed by atoms with E-state index in [0.29, 0.717) is 11.8 Å². The summed E-state index contributed by atoms with van der Waals surface area (Å²) in [5, 5.41) is 0.537. The molecule has 4 nitrogen and oxygen atoms in total. The molecular weight excluding hydrogens is 248 g/mol. The van der Waals surface area contributed by atoms with Gasteiger partial charge in [-0.05, 0) is 17.7 Å². The van der Waals surface area contributed by atoms with Gasteiger partial charge in [0.1, 0.15) is 0 Å². The summed E-state index contributed by atoms with van der Waals surface area (Å²) in [7, 11) is 1.56. The molecule has 0 atom stereocenters. The van der Waals surface area contributed by atoms with Gasteiger partial charge in [0.2, 0.25) is 0 Å². The Hall–Kier alpha value is -1.49. The Kier molecular flexibility index (Phi) is 5.22.